The number of ether oxygens (including phenoxy) is 2. The van der Waals surface area contributed by atoms with Crippen LogP contribution in [0.5, 0.6) is 17.2 Å². The van der Waals surface area contributed by atoms with Gasteiger partial charge in [-0.25, -0.2) is 0 Å². The van der Waals surface area contributed by atoms with Crippen molar-refractivity contribution in [2.75, 3.05) is 14.2 Å². The number of hydrogen-bond donors (Lipinski definition) is 1. The summed E-state index contributed by atoms with van der Waals surface area (Å²) in [6, 6.07) is 4.96. The first-order chi connectivity index (χ1) is 7.27. The Morgan fingerprint density at radius 2 is 1.73 bits per heavy atom. The molecule has 0 radical (unpaired) electrons. The van der Waals surface area contributed by atoms with Gasteiger partial charge in [0, 0.05) is 6.20 Å². The van der Waals surface area contributed by atoms with Crippen molar-refractivity contribution >= 4 is 10.9 Å². The van der Waals surface area contributed by atoms with Gasteiger partial charge < -0.3 is 14.6 Å². The van der Waals surface area contributed by atoms with Gasteiger partial charge in [0.15, 0.2) is 0 Å². The monoisotopic (exact) mass is 205 g/mol. The summed E-state index contributed by atoms with van der Waals surface area (Å²) in [7, 11) is 3.14. The fourth-order valence-corrected chi connectivity index (χ4v) is 1.53. The predicted molar refractivity (Wildman–Crippen MR) is 56.5 cm³/mol. The maximum atomic E-state index is 9.64. The van der Waals surface area contributed by atoms with Crippen molar-refractivity contribution < 1.29 is 14.6 Å². The van der Waals surface area contributed by atoms with E-state index in [1.807, 2.05) is 0 Å². The Hall–Kier alpha value is -1.97. The lowest BCUT2D eigenvalue weighted by Gasteiger charge is -2.09. The van der Waals surface area contributed by atoms with Crippen LogP contribution in [0.3, 0.4) is 0 Å². The molecular formula is C11H11NO3. The van der Waals surface area contributed by atoms with Crippen molar-refractivity contribution in [2.24, 2.45) is 0 Å². The van der Waals surface area contributed by atoms with Crippen molar-refractivity contribution in [3.05, 3.63) is 24.4 Å². The van der Waals surface area contributed by atoms with Crippen LogP contribution >= 0.6 is 0 Å². The van der Waals surface area contributed by atoms with Crippen LogP contribution in [0.15, 0.2) is 24.4 Å². The van der Waals surface area contributed by atoms with Crippen molar-refractivity contribution in [2.45, 2.75) is 0 Å². The Kier molecular flexibility index (Phi) is 2.33. The summed E-state index contributed by atoms with van der Waals surface area (Å²) in [5, 5.41) is 10.3. The Morgan fingerprint density at radius 1 is 1.07 bits per heavy atom. The van der Waals surface area contributed by atoms with Gasteiger partial charge in [-0.05, 0) is 18.2 Å². The quantitative estimate of drug-likeness (QED) is 0.814. The maximum absolute atomic E-state index is 9.64. The number of pyridine rings is 1. The molecule has 0 spiro atoms. The second kappa shape index (κ2) is 3.65. The van der Waals surface area contributed by atoms with E-state index in [-0.39, 0.29) is 5.75 Å². The molecule has 0 saturated heterocycles. The minimum absolute atomic E-state index is 0.115. The van der Waals surface area contributed by atoms with E-state index in [0.29, 0.717) is 22.4 Å². The molecule has 2 aromatic rings. The van der Waals surface area contributed by atoms with Gasteiger partial charge in [0.05, 0.1) is 19.6 Å². The van der Waals surface area contributed by atoms with Crippen molar-refractivity contribution in [1.82, 2.24) is 4.98 Å². The van der Waals surface area contributed by atoms with E-state index < -0.39 is 0 Å². The molecule has 0 aliphatic carbocycles. The van der Waals surface area contributed by atoms with E-state index in [9.17, 15) is 5.11 Å². The molecule has 1 heterocycles. The highest BCUT2D eigenvalue weighted by Crippen LogP contribution is 2.36. The summed E-state index contributed by atoms with van der Waals surface area (Å²) in [4.78, 5) is 4.09. The number of fused-ring (bicyclic) bond motifs is 1. The lowest BCUT2D eigenvalue weighted by Crippen LogP contribution is -1.91. The zero-order valence-electron chi connectivity index (χ0n) is 8.52. The molecule has 0 fully saturated rings. The molecule has 0 aliphatic rings. The van der Waals surface area contributed by atoms with E-state index in [1.54, 1.807) is 38.6 Å². The van der Waals surface area contributed by atoms with Gasteiger partial charge in [0.25, 0.3) is 0 Å². The molecule has 4 nitrogen and oxygen atoms in total. The van der Waals surface area contributed by atoms with E-state index in [4.69, 9.17) is 9.47 Å². The van der Waals surface area contributed by atoms with Gasteiger partial charge in [-0.15, -0.1) is 0 Å². The molecule has 78 valence electrons. The second-order valence-corrected chi connectivity index (χ2v) is 3.02. The van der Waals surface area contributed by atoms with Crippen LogP contribution in [-0.2, 0) is 0 Å². The third kappa shape index (κ3) is 1.44. The normalized spacial score (nSPS) is 10.3. The SMILES string of the molecule is COc1ccnc2c(O)ccc(OC)c12. The first-order valence-corrected chi connectivity index (χ1v) is 4.46. The van der Waals surface area contributed by atoms with Gasteiger partial charge in [-0.2, -0.15) is 0 Å². The van der Waals surface area contributed by atoms with Crippen molar-refractivity contribution in [3.63, 3.8) is 0 Å². The summed E-state index contributed by atoms with van der Waals surface area (Å²) >= 11 is 0. The Morgan fingerprint density at radius 3 is 2.40 bits per heavy atom. The largest absolute Gasteiger partial charge is 0.506 e. The van der Waals surface area contributed by atoms with Crippen LogP contribution in [0.4, 0.5) is 0 Å². The molecule has 4 heteroatoms. The molecule has 0 unspecified atom stereocenters. The molecule has 0 aliphatic heterocycles. The predicted octanol–water partition coefficient (Wildman–Crippen LogP) is 1.96. The van der Waals surface area contributed by atoms with Crippen molar-refractivity contribution in [1.29, 1.82) is 0 Å². The molecule has 1 aromatic heterocycles. The number of rotatable bonds is 2. The van der Waals surface area contributed by atoms with Gasteiger partial charge >= 0.3 is 0 Å². The lowest BCUT2D eigenvalue weighted by atomic mass is 10.1. The number of hydrogen-bond acceptors (Lipinski definition) is 4. The summed E-state index contributed by atoms with van der Waals surface area (Å²) in [6.45, 7) is 0. The summed E-state index contributed by atoms with van der Waals surface area (Å²) in [5.41, 5.74) is 0.480. The molecular weight excluding hydrogens is 194 g/mol. The number of nitrogens with zero attached hydrogens (tertiary/aromatic N) is 1. The minimum Gasteiger partial charge on any atom is -0.506 e. The minimum atomic E-state index is 0.115. The topological polar surface area (TPSA) is 51.6 Å². The van der Waals surface area contributed by atoms with E-state index >= 15 is 0 Å². The fraction of sp³-hybridized carbons (Fsp3) is 0.182. The first-order valence-electron chi connectivity index (χ1n) is 4.46. The molecule has 0 bridgehead atoms. The highest BCUT2D eigenvalue weighted by Gasteiger charge is 2.11. The molecule has 15 heavy (non-hydrogen) atoms. The highest BCUT2D eigenvalue weighted by atomic mass is 16.5. The molecule has 2 rings (SSSR count). The molecule has 0 saturated carbocycles. The van der Waals surface area contributed by atoms with Crippen LogP contribution < -0.4 is 9.47 Å². The smallest absolute Gasteiger partial charge is 0.142 e. The molecule has 0 amide bonds. The zero-order valence-corrected chi connectivity index (χ0v) is 8.52. The Labute approximate surface area is 87.1 Å². The van der Waals surface area contributed by atoms with E-state index in [0.717, 1.165) is 0 Å². The maximum Gasteiger partial charge on any atom is 0.142 e. The van der Waals surface area contributed by atoms with Gasteiger partial charge in [0.2, 0.25) is 0 Å². The third-order valence-electron chi connectivity index (χ3n) is 2.23. The lowest BCUT2D eigenvalue weighted by molar-refractivity contribution is 0.403. The summed E-state index contributed by atoms with van der Waals surface area (Å²) < 4.78 is 10.4. The van der Waals surface area contributed by atoms with Gasteiger partial charge in [-0.1, -0.05) is 0 Å². The van der Waals surface area contributed by atoms with Gasteiger partial charge in [-0.3, -0.25) is 4.98 Å². The van der Waals surface area contributed by atoms with Gasteiger partial charge in [0.1, 0.15) is 22.8 Å². The van der Waals surface area contributed by atoms with Crippen LogP contribution in [0, 0.1) is 0 Å². The summed E-state index contributed by atoms with van der Waals surface area (Å²) in [6.07, 6.45) is 1.58. The summed E-state index contributed by atoms with van der Waals surface area (Å²) in [5.74, 6) is 1.38. The van der Waals surface area contributed by atoms with Crippen LogP contribution in [0.2, 0.25) is 0 Å². The third-order valence-corrected chi connectivity index (χ3v) is 2.23. The second-order valence-electron chi connectivity index (χ2n) is 3.02. The number of aromatic hydroxyl groups is 1. The fourth-order valence-electron chi connectivity index (χ4n) is 1.53. The number of methoxy groups -OCH3 is 2. The number of phenols is 1. The number of phenolic OH excluding ortho intramolecular Hbond substituents is 1. The number of benzene rings is 1. The van der Waals surface area contributed by atoms with Crippen molar-refractivity contribution in [3.8, 4) is 17.2 Å². The van der Waals surface area contributed by atoms with Crippen LogP contribution in [-0.4, -0.2) is 24.3 Å². The molecule has 1 N–H and O–H groups in total. The molecule has 1 aromatic carbocycles. The number of aromatic nitrogens is 1. The molecule has 0 atom stereocenters. The standard InChI is InChI=1S/C11H11NO3/c1-14-8-4-3-7(13)11-10(8)9(15-2)5-6-12-11/h3-6,13H,1-2H3. The average Bonchev–Trinajstić information content (AvgIpc) is 2.29. The van der Waals surface area contributed by atoms with E-state index in [1.165, 1.54) is 0 Å². The first kappa shape index (κ1) is 9.58. The highest BCUT2D eigenvalue weighted by molar-refractivity contribution is 5.94. The zero-order chi connectivity index (χ0) is 10.8. The van der Waals surface area contributed by atoms with Crippen LogP contribution in [0.25, 0.3) is 10.9 Å². The van der Waals surface area contributed by atoms with E-state index in [2.05, 4.69) is 4.98 Å². The Bertz CT molecular complexity index is 486. The average molecular weight is 205 g/mol. The Balaban J connectivity index is 2.87. The van der Waals surface area contributed by atoms with Crippen LogP contribution in [0.1, 0.15) is 0 Å².